The van der Waals surface area contributed by atoms with Gasteiger partial charge in [-0.25, -0.2) is 0 Å². The van der Waals surface area contributed by atoms with Crippen molar-refractivity contribution in [2.24, 2.45) is 5.92 Å². The summed E-state index contributed by atoms with van der Waals surface area (Å²) >= 11 is 0. The topological polar surface area (TPSA) is 12.0 Å². The van der Waals surface area contributed by atoms with E-state index in [1.54, 1.807) is 0 Å². The average Bonchev–Trinajstić information content (AvgIpc) is 2.04. The monoisotopic (exact) mass is 169 g/mol. The molecule has 0 rings (SSSR count). The molecule has 0 saturated heterocycles. The number of nitrogens with one attached hydrogen (secondary N) is 1. The lowest BCUT2D eigenvalue weighted by molar-refractivity contribution is 0.351. The zero-order valence-corrected chi connectivity index (χ0v) is 8.77. The van der Waals surface area contributed by atoms with E-state index < -0.39 is 0 Å². The van der Waals surface area contributed by atoms with Crippen molar-refractivity contribution in [3.63, 3.8) is 0 Å². The second-order valence-corrected chi connectivity index (χ2v) is 3.50. The Bertz CT molecular complexity index is 104. The molecule has 0 saturated carbocycles. The Hall–Kier alpha value is -0.460. The predicted molar refractivity (Wildman–Crippen MR) is 56.1 cm³/mol. The molecule has 0 aromatic carbocycles. The Morgan fingerprint density at radius 3 is 2.08 bits per heavy atom. The molecule has 0 heterocycles. The first-order chi connectivity index (χ1) is 5.76. The number of rotatable bonds is 7. The first-order valence-electron chi connectivity index (χ1n) is 5.13. The molecule has 0 spiro atoms. The predicted octanol–water partition coefficient (Wildman–Crippen LogP) is 3.32. The molecule has 0 aliphatic carbocycles. The van der Waals surface area contributed by atoms with Crippen LogP contribution in [0.3, 0.4) is 0 Å². The third-order valence-electron chi connectivity index (χ3n) is 2.41. The molecule has 1 N–H and O–H groups in total. The average molecular weight is 169 g/mol. The van der Waals surface area contributed by atoms with Gasteiger partial charge in [0.2, 0.25) is 0 Å². The smallest absolute Gasteiger partial charge is 0.0255 e. The maximum atomic E-state index is 3.69. The lowest BCUT2D eigenvalue weighted by atomic mass is 9.91. The van der Waals surface area contributed by atoms with Gasteiger partial charge in [0.05, 0.1) is 0 Å². The van der Waals surface area contributed by atoms with Gasteiger partial charge < -0.3 is 5.32 Å². The summed E-state index contributed by atoms with van der Waals surface area (Å²) in [5, 5.41) is 3.28. The van der Waals surface area contributed by atoms with Crippen molar-refractivity contribution in [1.29, 1.82) is 0 Å². The number of hydrogen-bond donors (Lipinski definition) is 1. The Balaban J connectivity index is 3.80. The second-order valence-electron chi connectivity index (χ2n) is 3.50. The molecular weight excluding hydrogens is 146 g/mol. The third-order valence-corrected chi connectivity index (χ3v) is 2.41. The Morgan fingerprint density at radius 1 is 1.25 bits per heavy atom. The van der Waals surface area contributed by atoms with E-state index in [9.17, 15) is 0 Å². The van der Waals surface area contributed by atoms with Gasteiger partial charge in [0.25, 0.3) is 0 Å². The first kappa shape index (κ1) is 11.5. The van der Waals surface area contributed by atoms with Crippen molar-refractivity contribution in [3.05, 3.63) is 12.8 Å². The van der Waals surface area contributed by atoms with E-state index in [4.69, 9.17) is 0 Å². The first-order valence-corrected chi connectivity index (χ1v) is 5.13. The summed E-state index contributed by atoms with van der Waals surface area (Å²) in [6.45, 7) is 10.4. The zero-order valence-electron chi connectivity index (χ0n) is 8.77. The van der Waals surface area contributed by atoms with Crippen molar-refractivity contribution in [2.75, 3.05) is 0 Å². The van der Waals surface area contributed by atoms with E-state index in [2.05, 4.69) is 32.7 Å². The van der Waals surface area contributed by atoms with E-state index in [1.165, 1.54) is 25.7 Å². The normalized spacial score (nSPS) is 13.0. The molecular formula is C11H23N. The van der Waals surface area contributed by atoms with Crippen molar-refractivity contribution in [3.8, 4) is 0 Å². The maximum absolute atomic E-state index is 3.69. The van der Waals surface area contributed by atoms with Gasteiger partial charge in [-0.3, -0.25) is 0 Å². The molecule has 0 bridgehead atoms. The van der Waals surface area contributed by atoms with Gasteiger partial charge in [0.15, 0.2) is 0 Å². The molecule has 0 aliphatic rings. The summed E-state index contributed by atoms with van der Waals surface area (Å²) in [5.74, 6) is 0.818. The summed E-state index contributed by atoms with van der Waals surface area (Å²) in [5.41, 5.74) is 0. The van der Waals surface area contributed by atoms with Crippen LogP contribution in [0.4, 0.5) is 0 Å². The van der Waals surface area contributed by atoms with Gasteiger partial charge >= 0.3 is 0 Å². The van der Waals surface area contributed by atoms with Gasteiger partial charge in [-0.1, -0.05) is 33.3 Å². The van der Waals surface area contributed by atoms with Crippen LogP contribution in [0.1, 0.15) is 46.5 Å². The van der Waals surface area contributed by atoms with Crippen molar-refractivity contribution in [2.45, 2.75) is 52.5 Å². The lowest BCUT2D eigenvalue weighted by Crippen LogP contribution is -2.29. The minimum absolute atomic E-state index is 0.586. The molecule has 12 heavy (non-hydrogen) atoms. The molecule has 0 aromatic rings. The van der Waals surface area contributed by atoms with Gasteiger partial charge in [-0.05, 0) is 31.9 Å². The summed E-state index contributed by atoms with van der Waals surface area (Å²) in [6, 6.07) is 0.586. The van der Waals surface area contributed by atoms with Gasteiger partial charge in [-0.15, -0.1) is 0 Å². The van der Waals surface area contributed by atoms with Crippen LogP contribution in [0.2, 0.25) is 0 Å². The fourth-order valence-corrected chi connectivity index (χ4v) is 1.71. The highest BCUT2D eigenvalue weighted by atomic mass is 14.9. The van der Waals surface area contributed by atoms with E-state index in [0.29, 0.717) is 6.04 Å². The summed E-state index contributed by atoms with van der Waals surface area (Å²) in [7, 11) is 0. The molecule has 72 valence electrons. The van der Waals surface area contributed by atoms with Crippen LogP contribution in [-0.2, 0) is 0 Å². The van der Waals surface area contributed by atoms with Crippen molar-refractivity contribution >= 4 is 0 Å². The van der Waals surface area contributed by atoms with Crippen LogP contribution < -0.4 is 5.32 Å². The quantitative estimate of drug-likeness (QED) is 0.616. The Kier molecular flexibility index (Phi) is 6.93. The van der Waals surface area contributed by atoms with Crippen molar-refractivity contribution < 1.29 is 0 Å². The highest BCUT2D eigenvalue weighted by Crippen LogP contribution is 2.17. The highest BCUT2D eigenvalue weighted by molar-refractivity contribution is 4.76. The largest absolute Gasteiger partial charge is 0.389 e. The molecule has 0 aromatic heterocycles. The molecule has 0 aliphatic heterocycles. The molecule has 1 nitrogen and oxygen atoms in total. The minimum atomic E-state index is 0.586. The SMILES string of the molecule is C=CNC(C)C(CCC)CCC. The van der Waals surface area contributed by atoms with Gasteiger partial charge in [0.1, 0.15) is 0 Å². The summed E-state index contributed by atoms with van der Waals surface area (Å²) in [6.07, 6.45) is 7.04. The molecule has 1 heteroatoms. The van der Waals surface area contributed by atoms with Crippen molar-refractivity contribution in [1.82, 2.24) is 5.32 Å². The zero-order chi connectivity index (χ0) is 9.40. The van der Waals surface area contributed by atoms with E-state index >= 15 is 0 Å². The van der Waals surface area contributed by atoms with Crippen LogP contribution >= 0.6 is 0 Å². The van der Waals surface area contributed by atoms with Gasteiger partial charge in [0, 0.05) is 6.04 Å². The molecule has 0 fully saturated rings. The maximum Gasteiger partial charge on any atom is 0.0255 e. The van der Waals surface area contributed by atoms with Gasteiger partial charge in [-0.2, -0.15) is 0 Å². The molecule has 1 atom stereocenters. The Labute approximate surface area is 77.2 Å². The van der Waals surface area contributed by atoms with Crippen LogP contribution in [-0.4, -0.2) is 6.04 Å². The van der Waals surface area contributed by atoms with Crippen LogP contribution in [0.25, 0.3) is 0 Å². The fraction of sp³-hybridized carbons (Fsp3) is 0.818. The molecule has 0 radical (unpaired) electrons. The van der Waals surface area contributed by atoms with E-state index in [-0.39, 0.29) is 0 Å². The minimum Gasteiger partial charge on any atom is -0.389 e. The standard InChI is InChI=1S/C11H23N/c1-5-8-11(9-6-2)10(4)12-7-3/h7,10-12H,3,5-6,8-9H2,1-2,4H3. The molecule has 1 unspecified atom stereocenters. The van der Waals surface area contributed by atoms with Crippen LogP contribution in [0.15, 0.2) is 12.8 Å². The third kappa shape index (κ3) is 4.42. The van der Waals surface area contributed by atoms with Crippen LogP contribution in [0.5, 0.6) is 0 Å². The number of hydrogen-bond acceptors (Lipinski definition) is 1. The Morgan fingerprint density at radius 2 is 1.75 bits per heavy atom. The fourth-order valence-electron chi connectivity index (χ4n) is 1.71. The van der Waals surface area contributed by atoms with Crippen LogP contribution in [0, 0.1) is 5.92 Å². The molecule has 0 amide bonds. The van der Waals surface area contributed by atoms with E-state index in [0.717, 1.165) is 5.92 Å². The highest BCUT2D eigenvalue weighted by Gasteiger charge is 2.13. The van der Waals surface area contributed by atoms with E-state index in [1.807, 2.05) is 6.20 Å². The summed E-state index contributed by atoms with van der Waals surface area (Å²) < 4.78 is 0. The summed E-state index contributed by atoms with van der Waals surface area (Å²) in [4.78, 5) is 0. The second kappa shape index (κ2) is 7.20. The lowest BCUT2D eigenvalue weighted by Gasteiger charge is -2.23.